The summed E-state index contributed by atoms with van der Waals surface area (Å²) in [6, 6.07) is 0.189. The monoisotopic (exact) mass is 407 g/mol. The standard InChI is InChI=1S/C16H29N5O3S.ClH/c1-5-17-11(2)9-18-16(22)14-7-6-8-21(10-14)25(23,24)15-12(3)19-20-13(15)4;/h11,14,17H,5-10H2,1-4H3,(H,18,22)(H,19,20);1H/t11-,14?;/m1./s1. The van der Waals surface area contributed by atoms with E-state index in [1.165, 1.54) is 4.31 Å². The first-order chi connectivity index (χ1) is 11.8. The molecule has 2 atom stereocenters. The molecule has 1 aliphatic rings. The van der Waals surface area contributed by atoms with Gasteiger partial charge in [0.1, 0.15) is 4.90 Å². The lowest BCUT2D eigenvalue weighted by atomic mass is 9.99. The molecule has 1 unspecified atom stereocenters. The number of hydrogen-bond donors (Lipinski definition) is 3. The Labute approximate surface area is 162 Å². The van der Waals surface area contributed by atoms with E-state index in [9.17, 15) is 13.2 Å². The topological polar surface area (TPSA) is 107 Å². The number of likely N-dealkylation sites (N-methyl/N-ethyl adjacent to an activating group) is 1. The Morgan fingerprint density at radius 3 is 2.69 bits per heavy atom. The summed E-state index contributed by atoms with van der Waals surface area (Å²) in [4.78, 5) is 12.7. The molecule has 3 N–H and O–H groups in total. The van der Waals surface area contributed by atoms with E-state index in [-0.39, 0.29) is 41.7 Å². The number of sulfonamides is 1. The van der Waals surface area contributed by atoms with Crippen molar-refractivity contribution in [1.29, 1.82) is 0 Å². The number of H-pyrrole nitrogens is 1. The van der Waals surface area contributed by atoms with E-state index < -0.39 is 10.0 Å². The second-order valence-electron chi connectivity index (χ2n) is 6.67. The normalized spacial score (nSPS) is 19.6. The molecule has 0 saturated carbocycles. The molecular formula is C16H30ClN5O3S. The summed E-state index contributed by atoms with van der Waals surface area (Å²) in [6.07, 6.45) is 1.38. The van der Waals surface area contributed by atoms with Gasteiger partial charge in [0.05, 0.1) is 17.3 Å². The maximum Gasteiger partial charge on any atom is 0.246 e. The summed E-state index contributed by atoms with van der Waals surface area (Å²) in [5.74, 6) is -0.393. The van der Waals surface area contributed by atoms with E-state index in [1.807, 2.05) is 13.8 Å². The summed E-state index contributed by atoms with van der Waals surface area (Å²) >= 11 is 0. The Hall–Kier alpha value is -1.16. The highest BCUT2D eigenvalue weighted by atomic mass is 35.5. The van der Waals surface area contributed by atoms with Crippen LogP contribution >= 0.6 is 12.4 Å². The van der Waals surface area contributed by atoms with Crippen LogP contribution in [0.3, 0.4) is 0 Å². The first-order valence-electron chi connectivity index (χ1n) is 8.80. The van der Waals surface area contributed by atoms with E-state index >= 15 is 0 Å². The molecule has 2 rings (SSSR count). The SMILES string of the molecule is CCN[C@H](C)CNC(=O)C1CCCN(S(=O)(=O)c2c(C)n[nH]c2C)C1.Cl. The molecule has 0 bridgehead atoms. The average molecular weight is 408 g/mol. The zero-order valence-corrected chi connectivity index (χ0v) is 17.5. The number of aromatic amines is 1. The second kappa shape index (κ2) is 9.68. The van der Waals surface area contributed by atoms with Crippen molar-refractivity contribution in [1.82, 2.24) is 25.1 Å². The zero-order valence-electron chi connectivity index (χ0n) is 15.8. The Morgan fingerprint density at radius 1 is 1.42 bits per heavy atom. The fourth-order valence-corrected chi connectivity index (χ4v) is 5.10. The van der Waals surface area contributed by atoms with Crippen LogP contribution in [0.25, 0.3) is 0 Å². The van der Waals surface area contributed by atoms with E-state index in [0.29, 0.717) is 37.3 Å². The molecule has 10 heteroatoms. The van der Waals surface area contributed by atoms with Gasteiger partial charge in [-0.05, 0) is 40.2 Å². The lowest BCUT2D eigenvalue weighted by Gasteiger charge is -2.31. The first-order valence-corrected chi connectivity index (χ1v) is 10.2. The molecule has 1 aliphatic heterocycles. The molecule has 0 spiro atoms. The van der Waals surface area contributed by atoms with Crippen LogP contribution in [-0.2, 0) is 14.8 Å². The smallest absolute Gasteiger partial charge is 0.246 e. The molecule has 150 valence electrons. The summed E-state index contributed by atoms with van der Waals surface area (Å²) < 4.78 is 27.3. The van der Waals surface area contributed by atoms with Gasteiger partial charge in [-0.15, -0.1) is 12.4 Å². The molecule has 1 aromatic rings. The number of amides is 1. The van der Waals surface area contributed by atoms with Gasteiger partial charge in [0.25, 0.3) is 0 Å². The van der Waals surface area contributed by atoms with Gasteiger partial charge in [-0.25, -0.2) is 8.42 Å². The second-order valence-corrected chi connectivity index (χ2v) is 8.54. The summed E-state index contributed by atoms with van der Waals surface area (Å²) in [5, 5.41) is 12.9. The van der Waals surface area contributed by atoms with Crippen molar-refractivity contribution in [2.45, 2.75) is 51.5 Å². The van der Waals surface area contributed by atoms with Crippen LogP contribution in [-0.4, -0.2) is 61.0 Å². The Morgan fingerprint density at radius 2 is 2.12 bits per heavy atom. The predicted octanol–water partition coefficient (Wildman–Crippen LogP) is 0.963. The van der Waals surface area contributed by atoms with Gasteiger partial charge in [-0.1, -0.05) is 6.92 Å². The largest absolute Gasteiger partial charge is 0.354 e. The molecule has 1 amide bonds. The summed E-state index contributed by atoms with van der Waals surface area (Å²) in [7, 11) is -3.64. The molecular weight excluding hydrogens is 378 g/mol. The van der Waals surface area contributed by atoms with Gasteiger partial charge in [0.2, 0.25) is 15.9 Å². The number of halogens is 1. The zero-order chi connectivity index (χ0) is 18.6. The third-order valence-electron chi connectivity index (χ3n) is 4.55. The predicted molar refractivity (Wildman–Crippen MR) is 103 cm³/mol. The third kappa shape index (κ3) is 5.18. The summed E-state index contributed by atoms with van der Waals surface area (Å²) in [5.41, 5.74) is 0.993. The van der Waals surface area contributed by atoms with Gasteiger partial charge >= 0.3 is 0 Å². The number of rotatable bonds is 7. The fourth-order valence-electron chi connectivity index (χ4n) is 3.24. The van der Waals surface area contributed by atoms with Crippen molar-refractivity contribution in [3.05, 3.63) is 11.4 Å². The molecule has 8 nitrogen and oxygen atoms in total. The highest BCUT2D eigenvalue weighted by Gasteiger charge is 2.35. The number of aromatic nitrogens is 2. The highest BCUT2D eigenvalue weighted by Crippen LogP contribution is 2.26. The lowest BCUT2D eigenvalue weighted by Crippen LogP contribution is -2.47. The minimum atomic E-state index is -3.64. The fraction of sp³-hybridized carbons (Fsp3) is 0.750. The first kappa shape index (κ1) is 22.9. The van der Waals surface area contributed by atoms with Crippen LogP contribution in [0.1, 0.15) is 38.1 Å². The quantitative estimate of drug-likeness (QED) is 0.624. The van der Waals surface area contributed by atoms with Crippen molar-refractivity contribution >= 4 is 28.3 Å². The minimum absolute atomic E-state index is 0. The van der Waals surface area contributed by atoms with Crippen molar-refractivity contribution in [2.24, 2.45) is 5.92 Å². The van der Waals surface area contributed by atoms with Gasteiger partial charge in [0, 0.05) is 25.7 Å². The van der Waals surface area contributed by atoms with Crippen molar-refractivity contribution in [3.8, 4) is 0 Å². The maximum absolute atomic E-state index is 12.9. The third-order valence-corrected chi connectivity index (χ3v) is 6.68. The van der Waals surface area contributed by atoms with Crippen LogP contribution in [0, 0.1) is 19.8 Å². The van der Waals surface area contributed by atoms with E-state index in [2.05, 4.69) is 20.8 Å². The van der Waals surface area contributed by atoms with E-state index in [0.717, 1.165) is 6.54 Å². The molecule has 2 heterocycles. The highest BCUT2D eigenvalue weighted by molar-refractivity contribution is 7.89. The van der Waals surface area contributed by atoms with Crippen molar-refractivity contribution in [3.63, 3.8) is 0 Å². The Bertz CT molecular complexity index is 687. The van der Waals surface area contributed by atoms with Crippen LogP contribution in [0.15, 0.2) is 4.90 Å². The van der Waals surface area contributed by atoms with Crippen LogP contribution in [0.2, 0.25) is 0 Å². The average Bonchev–Trinajstić information content (AvgIpc) is 2.92. The number of carbonyl (C=O) groups excluding carboxylic acids is 1. The molecule has 1 fully saturated rings. The number of nitrogens with zero attached hydrogens (tertiary/aromatic N) is 2. The number of hydrogen-bond acceptors (Lipinski definition) is 5. The van der Waals surface area contributed by atoms with Gasteiger partial charge in [-0.2, -0.15) is 9.40 Å². The molecule has 26 heavy (non-hydrogen) atoms. The number of aryl methyl sites for hydroxylation is 2. The number of carbonyl (C=O) groups is 1. The molecule has 0 aliphatic carbocycles. The van der Waals surface area contributed by atoms with Gasteiger partial charge < -0.3 is 10.6 Å². The summed E-state index contributed by atoms with van der Waals surface area (Å²) in [6.45, 7) is 9.42. The lowest BCUT2D eigenvalue weighted by molar-refractivity contribution is -0.126. The van der Waals surface area contributed by atoms with Crippen molar-refractivity contribution in [2.75, 3.05) is 26.2 Å². The molecule has 1 aromatic heterocycles. The molecule has 1 saturated heterocycles. The van der Waals surface area contributed by atoms with Crippen LogP contribution in [0.5, 0.6) is 0 Å². The van der Waals surface area contributed by atoms with Crippen molar-refractivity contribution < 1.29 is 13.2 Å². The number of piperidine rings is 1. The van der Waals surface area contributed by atoms with Crippen LogP contribution < -0.4 is 10.6 Å². The minimum Gasteiger partial charge on any atom is -0.354 e. The Balaban J connectivity index is 0.00000338. The molecule has 0 radical (unpaired) electrons. The number of nitrogens with one attached hydrogen (secondary N) is 3. The maximum atomic E-state index is 12.9. The van der Waals surface area contributed by atoms with Gasteiger partial charge in [0.15, 0.2) is 0 Å². The van der Waals surface area contributed by atoms with E-state index in [1.54, 1.807) is 13.8 Å². The molecule has 0 aromatic carbocycles. The Kier molecular flexibility index (Phi) is 8.52. The van der Waals surface area contributed by atoms with Gasteiger partial charge in [-0.3, -0.25) is 9.89 Å². The van der Waals surface area contributed by atoms with E-state index in [4.69, 9.17) is 0 Å². The van der Waals surface area contributed by atoms with Crippen LogP contribution in [0.4, 0.5) is 0 Å².